The summed E-state index contributed by atoms with van der Waals surface area (Å²) in [7, 11) is -3.17. The molecule has 6 heteroatoms. The molecule has 2 aromatic rings. The van der Waals surface area contributed by atoms with Crippen LogP contribution < -0.4 is 5.73 Å². The molecule has 0 aliphatic heterocycles. The fraction of sp³-hybridized carbons (Fsp3) is 0.0909. The summed E-state index contributed by atoms with van der Waals surface area (Å²) in [4.78, 5) is 8.13. The third kappa shape index (κ3) is 2.59. The van der Waals surface area contributed by atoms with E-state index in [2.05, 4.69) is 9.97 Å². The average molecular weight is 249 g/mol. The lowest BCUT2D eigenvalue weighted by molar-refractivity contribution is 0.602. The number of nitrogen functional groups attached to an aromatic ring is 1. The van der Waals surface area contributed by atoms with E-state index in [0.717, 1.165) is 5.56 Å². The fourth-order valence-electron chi connectivity index (χ4n) is 1.41. The van der Waals surface area contributed by atoms with Crippen molar-refractivity contribution in [3.8, 4) is 11.3 Å². The molecule has 0 spiro atoms. The number of sulfone groups is 1. The summed E-state index contributed by atoms with van der Waals surface area (Å²) in [5, 5.41) is 0. The van der Waals surface area contributed by atoms with Gasteiger partial charge in [0.1, 0.15) is 0 Å². The van der Waals surface area contributed by atoms with Gasteiger partial charge in [0.2, 0.25) is 5.95 Å². The summed E-state index contributed by atoms with van der Waals surface area (Å²) in [6.45, 7) is 0. The number of hydrogen-bond donors (Lipinski definition) is 1. The summed E-state index contributed by atoms with van der Waals surface area (Å²) in [6.07, 6.45) is 2.73. The number of hydrogen-bond acceptors (Lipinski definition) is 5. The minimum absolute atomic E-state index is 0.190. The van der Waals surface area contributed by atoms with Gasteiger partial charge in [-0.05, 0) is 18.2 Å². The number of nitrogens with two attached hydrogens (primary N) is 1. The summed E-state index contributed by atoms with van der Waals surface area (Å²) in [5.41, 5.74) is 6.94. The maximum atomic E-state index is 11.3. The monoisotopic (exact) mass is 249 g/mol. The fourth-order valence-corrected chi connectivity index (χ4v) is 2.04. The first-order valence-electron chi connectivity index (χ1n) is 4.86. The summed E-state index contributed by atoms with van der Waals surface area (Å²) in [6, 6.07) is 8.19. The van der Waals surface area contributed by atoms with Crippen molar-refractivity contribution in [1.29, 1.82) is 0 Å². The van der Waals surface area contributed by atoms with Gasteiger partial charge in [0.25, 0.3) is 0 Å². The van der Waals surface area contributed by atoms with Crippen molar-refractivity contribution < 1.29 is 8.42 Å². The number of anilines is 1. The van der Waals surface area contributed by atoms with Gasteiger partial charge < -0.3 is 5.73 Å². The molecule has 0 saturated heterocycles. The van der Waals surface area contributed by atoms with Gasteiger partial charge in [-0.3, -0.25) is 0 Å². The van der Waals surface area contributed by atoms with E-state index in [-0.39, 0.29) is 10.8 Å². The van der Waals surface area contributed by atoms with Crippen LogP contribution in [0.2, 0.25) is 0 Å². The van der Waals surface area contributed by atoms with Crippen LogP contribution in [0.1, 0.15) is 0 Å². The van der Waals surface area contributed by atoms with Gasteiger partial charge in [-0.2, -0.15) is 0 Å². The van der Waals surface area contributed by atoms with Crippen LogP contribution in [0.5, 0.6) is 0 Å². The van der Waals surface area contributed by atoms with Crippen LogP contribution in [0.4, 0.5) is 5.95 Å². The molecule has 0 aliphatic rings. The largest absolute Gasteiger partial charge is 0.368 e. The number of rotatable bonds is 2. The van der Waals surface area contributed by atoms with E-state index >= 15 is 0 Å². The molecular formula is C11H11N3O2S. The van der Waals surface area contributed by atoms with Crippen LogP contribution in [0.15, 0.2) is 41.4 Å². The molecule has 0 unspecified atom stereocenters. The van der Waals surface area contributed by atoms with E-state index in [9.17, 15) is 8.42 Å². The van der Waals surface area contributed by atoms with E-state index in [1.54, 1.807) is 36.5 Å². The Balaban J connectivity index is 2.43. The zero-order valence-electron chi connectivity index (χ0n) is 9.16. The van der Waals surface area contributed by atoms with Crippen molar-refractivity contribution in [2.75, 3.05) is 12.0 Å². The molecule has 17 heavy (non-hydrogen) atoms. The van der Waals surface area contributed by atoms with Crippen molar-refractivity contribution in [3.63, 3.8) is 0 Å². The van der Waals surface area contributed by atoms with Crippen LogP contribution in [0, 0.1) is 0 Å². The predicted octanol–water partition coefficient (Wildman–Crippen LogP) is 1.13. The number of benzene rings is 1. The van der Waals surface area contributed by atoms with Crippen molar-refractivity contribution in [2.45, 2.75) is 4.90 Å². The van der Waals surface area contributed by atoms with E-state index in [1.165, 1.54) is 6.26 Å². The molecule has 0 fully saturated rings. The molecule has 1 aromatic heterocycles. The third-order valence-corrected chi connectivity index (χ3v) is 3.38. The highest BCUT2D eigenvalue weighted by Crippen LogP contribution is 2.19. The van der Waals surface area contributed by atoms with Crippen LogP contribution in [-0.2, 0) is 9.84 Å². The van der Waals surface area contributed by atoms with Crippen molar-refractivity contribution in [2.24, 2.45) is 0 Å². The normalized spacial score (nSPS) is 11.4. The van der Waals surface area contributed by atoms with Gasteiger partial charge in [0, 0.05) is 18.0 Å². The molecule has 5 nitrogen and oxygen atoms in total. The molecule has 0 amide bonds. The molecule has 88 valence electrons. The quantitative estimate of drug-likeness (QED) is 0.862. The van der Waals surface area contributed by atoms with E-state index < -0.39 is 9.84 Å². The van der Waals surface area contributed by atoms with Gasteiger partial charge in [-0.1, -0.05) is 12.1 Å². The molecule has 1 heterocycles. The first-order valence-corrected chi connectivity index (χ1v) is 6.75. The van der Waals surface area contributed by atoms with E-state index in [0.29, 0.717) is 5.69 Å². The maximum Gasteiger partial charge on any atom is 0.220 e. The Hall–Kier alpha value is -1.95. The van der Waals surface area contributed by atoms with Crippen molar-refractivity contribution in [1.82, 2.24) is 9.97 Å². The van der Waals surface area contributed by atoms with Gasteiger partial charge in [-0.15, -0.1) is 0 Å². The highest BCUT2D eigenvalue weighted by molar-refractivity contribution is 7.90. The molecule has 0 atom stereocenters. The Labute approximate surface area is 99.3 Å². The van der Waals surface area contributed by atoms with Crippen LogP contribution in [0.3, 0.4) is 0 Å². The Morgan fingerprint density at radius 1 is 1.12 bits per heavy atom. The SMILES string of the molecule is CS(=O)(=O)c1ccc(-c2ccnc(N)n2)cc1. The molecule has 0 aliphatic carbocycles. The highest BCUT2D eigenvalue weighted by Gasteiger charge is 2.07. The minimum atomic E-state index is -3.17. The smallest absolute Gasteiger partial charge is 0.220 e. The molecule has 0 bridgehead atoms. The Kier molecular flexibility index (Phi) is 2.81. The summed E-state index contributed by atoms with van der Waals surface area (Å²) < 4.78 is 22.6. The standard InChI is InChI=1S/C11H11N3O2S/c1-17(15,16)9-4-2-8(3-5-9)10-6-7-13-11(12)14-10/h2-7H,1H3,(H2,12,13,14). The molecule has 2 N–H and O–H groups in total. The molecule has 0 radical (unpaired) electrons. The molecule has 0 saturated carbocycles. The van der Waals surface area contributed by atoms with E-state index in [1.807, 2.05) is 0 Å². The van der Waals surface area contributed by atoms with Gasteiger partial charge in [0.15, 0.2) is 9.84 Å². The first kappa shape index (κ1) is 11.5. The Morgan fingerprint density at radius 2 is 1.76 bits per heavy atom. The van der Waals surface area contributed by atoms with Gasteiger partial charge in [0.05, 0.1) is 10.6 Å². The topological polar surface area (TPSA) is 85.9 Å². The molecular weight excluding hydrogens is 238 g/mol. The van der Waals surface area contributed by atoms with Gasteiger partial charge in [-0.25, -0.2) is 18.4 Å². The second-order valence-electron chi connectivity index (χ2n) is 3.60. The molecule has 2 rings (SSSR count). The second-order valence-corrected chi connectivity index (χ2v) is 5.61. The highest BCUT2D eigenvalue weighted by atomic mass is 32.2. The van der Waals surface area contributed by atoms with Crippen molar-refractivity contribution in [3.05, 3.63) is 36.5 Å². The zero-order valence-corrected chi connectivity index (χ0v) is 9.98. The van der Waals surface area contributed by atoms with Gasteiger partial charge >= 0.3 is 0 Å². The second kappa shape index (κ2) is 4.14. The molecule has 1 aromatic carbocycles. The van der Waals surface area contributed by atoms with Crippen molar-refractivity contribution >= 4 is 15.8 Å². The average Bonchev–Trinajstić information content (AvgIpc) is 2.28. The summed E-state index contributed by atoms with van der Waals surface area (Å²) in [5.74, 6) is 0.190. The van der Waals surface area contributed by atoms with Crippen LogP contribution in [0.25, 0.3) is 11.3 Å². The number of nitrogens with zero attached hydrogens (tertiary/aromatic N) is 2. The zero-order chi connectivity index (χ0) is 12.5. The maximum absolute atomic E-state index is 11.3. The third-order valence-electron chi connectivity index (χ3n) is 2.25. The lowest BCUT2D eigenvalue weighted by Gasteiger charge is -2.02. The minimum Gasteiger partial charge on any atom is -0.368 e. The Bertz CT molecular complexity index is 636. The predicted molar refractivity (Wildman–Crippen MR) is 65.0 cm³/mol. The summed E-state index contributed by atoms with van der Waals surface area (Å²) >= 11 is 0. The van der Waals surface area contributed by atoms with Crippen LogP contribution >= 0.6 is 0 Å². The Morgan fingerprint density at radius 3 is 2.29 bits per heavy atom. The van der Waals surface area contributed by atoms with Crippen LogP contribution in [-0.4, -0.2) is 24.6 Å². The number of aromatic nitrogens is 2. The first-order chi connectivity index (χ1) is 7.97. The lowest BCUT2D eigenvalue weighted by atomic mass is 10.1. The lowest BCUT2D eigenvalue weighted by Crippen LogP contribution is -1.97. The van der Waals surface area contributed by atoms with E-state index in [4.69, 9.17) is 5.73 Å².